The molecular weight excluding hydrogens is 286 g/mol. The fourth-order valence-corrected chi connectivity index (χ4v) is 3.15. The van der Waals surface area contributed by atoms with Crippen LogP contribution in [0.5, 0.6) is 0 Å². The van der Waals surface area contributed by atoms with Gasteiger partial charge in [0.05, 0.1) is 0 Å². The van der Waals surface area contributed by atoms with Gasteiger partial charge in [0.1, 0.15) is 0 Å². The summed E-state index contributed by atoms with van der Waals surface area (Å²) in [5.74, 6) is 0. The van der Waals surface area contributed by atoms with E-state index in [2.05, 4.69) is 64.5 Å². The molecule has 0 heterocycles. The highest BCUT2D eigenvalue weighted by Gasteiger charge is 2.31. The molecule has 18 heavy (non-hydrogen) atoms. The predicted molar refractivity (Wildman–Crippen MR) is 81.1 cm³/mol. The fraction of sp³-hybridized carbons (Fsp3) is 0.250. The van der Waals surface area contributed by atoms with Crippen LogP contribution in [-0.4, -0.2) is 11.9 Å². The standard InChI is InChI=1S/C16H18BrN/c17-12-11-16(13-18,14-7-3-1-4-8-14)15-9-5-2-6-10-15/h1-10H,11-13,18H2. The van der Waals surface area contributed by atoms with E-state index in [4.69, 9.17) is 5.73 Å². The number of halogens is 1. The third-order valence-corrected chi connectivity index (χ3v) is 3.92. The molecule has 0 aliphatic rings. The fourth-order valence-electron chi connectivity index (χ4n) is 2.47. The van der Waals surface area contributed by atoms with E-state index in [1.807, 2.05) is 12.1 Å². The van der Waals surface area contributed by atoms with Crippen molar-refractivity contribution in [3.8, 4) is 0 Å². The van der Waals surface area contributed by atoms with Crippen LogP contribution in [0.15, 0.2) is 60.7 Å². The Hall–Kier alpha value is -1.12. The molecule has 0 amide bonds. The molecular formula is C16H18BrN. The van der Waals surface area contributed by atoms with Gasteiger partial charge in [-0.2, -0.15) is 0 Å². The first kappa shape index (κ1) is 13.3. The van der Waals surface area contributed by atoms with E-state index in [1.54, 1.807) is 0 Å². The van der Waals surface area contributed by atoms with Gasteiger partial charge in [-0.05, 0) is 17.5 Å². The number of nitrogens with two attached hydrogens (primary N) is 1. The van der Waals surface area contributed by atoms with Crippen LogP contribution in [0.25, 0.3) is 0 Å². The molecule has 94 valence electrons. The summed E-state index contributed by atoms with van der Waals surface area (Å²) in [6.07, 6.45) is 0.998. The Morgan fingerprint density at radius 3 is 1.61 bits per heavy atom. The average molecular weight is 304 g/mol. The molecule has 0 fully saturated rings. The lowest BCUT2D eigenvalue weighted by Crippen LogP contribution is -2.36. The second kappa shape index (κ2) is 6.17. The van der Waals surface area contributed by atoms with E-state index in [9.17, 15) is 0 Å². The quantitative estimate of drug-likeness (QED) is 0.837. The largest absolute Gasteiger partial charge is 0.329 e. The van der Waals surface area contributed by atoms with Gasteiger partial charge in [0.25, 0.3) is 0 Å². The zero-order chi connectivity index (χ0) is 12.8. The molecule has 0 atom stereocenters. The maximum absolute atomic E-state index is 6.14. The van der Waals surface area contributed by atoms with Crippen molar-refractivity contribution in [2.75, 3.05) is 11.9 Å². The lowest BCUT2D eigenvalue weighted by Gasteiger charge is -2.33. The van der Waals surface area contributed by atoms with Crippen LogP contribution in [-0.2, 0) is 5.41 Å². The predicted octanol–water partition coefficient (Wildman–Crippen LogP) is 3.72. The number of hydrogen-bond donors (Lipinski definition) is 1. The zero-order valence-electron chi connectivity index (χ0n) is 10.4. The number of benzene rings is 2. The summed E-state index contributed by atoms with van der Waals surface area (Å²) < 4.78 is 0. The highest BCUT2D eigenvalue weighted by Crippen LogP contribution is 2.35. The third-order valence-electron chi connectivity index (χ3n) is 3.52. The Morgan fingerprint density at radius 2 is 1.28 bits per heavy atom. The van der Waals surface area contributed by atoms with Gasteiger partial charge in [0, 0.05) is 17.3 Å². The Kier molecular flexibility index (Phi) is 4.56. The smallest absolute Gasteiger partial charge is 0.0333 e. The van der Waals surface area contributed by atoms with E-state index in [-0.39, 0.29) is 5.41 Å². The van der Waals surface area contributed by atoms with Crippen LogP contribution < -0.4 is 5.73 Å². The van der Waals surface area contributed by atoms with E-state index in [0.717, 1.165) is 11.8 Å². The topological polar surface area (TPSA) is 26.0 Å². The summed E-state index contributed by atoms with van der Waals surface area (Å²) in [6.45, 7) is 0.618. The third kappa shape index (κ3) is 2.50. The highest BCUT2D eigenvalue weighted by atomic mass is 79.9. The molecule has 0 unspecified atom stereocenters. The SMILES string of the molecule is NCC(CCBr)(c1ccccc1)c1ccccc1. The number of rotatable bonds is 5. The van der Waals surface area contributed by atoms with Crippen LogP contribution in [0.4, 0.5) is 0 Å². The zero-order valence-corrected chi connectivity index (χ0v) is 11.9. The lowest BCUT2D eigenvalue weighted by atomic mass is 9.72. The van der Waals surface area contributed by atoms with Crippen LogP contribution >= 0.6 is 15.9 Å². The Morgan fingerprint density at radius 1 is 0.833 bits per heavy atom. The molecule has 0 radical (unpaired) electrons. The number of hydrogen-bond acceptors (Lipinski definition) is 1. The van der Waals surface area contributed by atoms with E-state index in [0.29, 0.717) is 6.54 Å². The molecule has 2 aromatic carbocycles. The monoisotopic (exact) mass is 303 g/mol. The van der Waals surface area contributed by atoms with Crippen molar-refractivity contribution in [1.29, 1.82) is 0 Å². The Bertz CT molecular complexity index is 427. The molecule has 0 aliphatic heterocycles. The maximum atomic E-state index is 6.14. The first-order valence-corrected chi connectivity index (χ1v) is 7.33. The summed E-state index contributed by atoms with van der Waals surface area (Å²) >= 11 is 3.57. The van der Waals surface area contributed by atoms with Gasteiger partial charge in [-0.15, -0.1) is 0 Å². The van der Waals surface area contributed by atoms with Crippen molar-refractivity contribution in [3.05, 3.63) is 71.8 Å². The van der Waals surface area contributed by atoms with Gasteiger partial charge in [-0.3, -0.25) is 0 Å². The van der Waals surface area contributed by atoms with Crippen LogP contribution in [0, 0.1) is 0 Å². The molecule has 2 rings (SSSR count). The van der Waals surface area contributed by atoms with Crippen molar-refractivity contribution in [1.82, 2.24) is 0 Å². The molecule has 0 saturated carbocycles. The lowest BCUT2D eigenvalue weighted by molar-refractivity contribution is 0.513. The molecule has 0 saturated heterocycles. The minimum absolute atomic E-state index is 0.0913. The van der Waals surface area contributed by atoms with Gasteiger partial charge >= 0.3 is 0 Å². The molecule has 2 aromatic rings. The summed E-state index contributed by atoms with van der Waals surface area (Å²) in [7, 11) is 0. The molecule has 0 aliphatic carbocycles. The molecule has 2 N–H and O–H groups in total. The van der Waals surface area contributed by atoms with Gasteiger partial charge in [0.15, 0.2) is 0 Å². The van der Waals surface area contributed by atoms with E-state index in [1.165, 1.54) is 11.1 Å². The summed E-state index contributed by atoms with van der Waals surface area (Å²) in [5.41, 5.74) is 8.63. The Balaban J connectivity index is 2.53. The van der Waals surface area contributed by atoms with Crippen molar-refractivity contribution in [2.24, 2.45) is 5.73 Å². The van der Waals surface area contributed by atoms with Gasteiger partial charge in [0.2, 0.25) is 0 Å². The van der Waals surface area contributed by atoms with Crippen LogP contribution in [0.1, 0.15) is 17.5 Å². The summed E-state index contributed by atoms with van der Waals surface area (Å²) in [4.78, 5) is 0. The minimum atomic E-state index is -0.0913. The van der Waals surface area contributed by atoms with Gasteiger partial charge < -0.3 is 5.73 Å². The van der Waals surface area contributed by atoms with E-state index < -0.39 is 0 Å². The van der Waals surface area contributed by atoms with Crippen LogP contribution in [0.3, 0.4) is 0 Å². The molecule has 0 bridgehead atoms. The van der Waals surface area contributed by atoms with Crippen molar-refractivity contribution in [3.63, 3.8) is 0 Å². The first-order chi connectivity index (χ1) is 8.83. The van der Waals surface area contributed by atoms with Gasteiger partial charge in [-0.1, -0.05) is 76.6 Å². The average Bonchev–Trinajstić information content (AvgIpc) is 2.47. The minimum Gasteiger partial charge on any atom is -0.329 e. The first-order valence-electron chi connectivity index (χ1n) is 6.20. The number of alkyl halides is 1. The van der Waals surface area contributed by atoms with Gasteiger partial charge in [-0.25, -0.2) is 0 Å². The van der Waals surface area contributed by atoms with Crippen molar-refractivity contribution < 1.29 is 0 Å². The molecule has 2 heteroatoms. The Labute approximate surface area is 117 Å². The molecule has 0 spiro atoms. The second-order valence-electron chi connectivity index (χ2n) is 4.46. The highest BCUT2D eigenvalue weighted by molar-refractivity contribution is 9.09. The van der Waals surface area contributed by atoms with E-state index >= 15 is 0 Å². The summed E-state index contributed by atoms with van der Waals surface area (Å²) in [6, 6.07) is 21.1. The normalized spacial score (nSPS) is 11.4. The second-order valence-corrected chi connectivity index (χ2v) is 5.25. The van der Waals surface area contributed by atoms with Crippen molar-refractivity contribution >= 4 is 15.9 Å². The van der Waals surface area contributed by atoms with Crippen molar-refractivity contribution in [2.45, 2.75) is 11.8 Å². The molecule has 0 aromatic heterocycles. The molecule has 1 nitrogen and oxygen atoms in total. The maximum Gasteiger partial charge on any atom is 0.0333 e. The summed E-state index contributed by atoms with van der Waals surface area (Å²) in [5, 5.41) is 0.938. The van der Waals surface area contributed by atoms with Crippen LogP contribution in [0.2, 0.25) is 0 Å².